The van der Waals surface area contributed by atoms with Crippen molar-refractivity contribution in [1.82, 2.24) is 19.2 Å². The lowest BCUT2D eigenvalue weighted by Gasteiger charge is -2.28. The van der Waals surface area contributed by atoms with Gasteiger partial charge in [0, 0.05) is 62.6 Å². The van der Waals surface area contributed by atoms with Gasteiger partial charge in [0.1, 0.15) is 0 Å². The van der Waals surface area contributed by atoms with Gasteiger partial charge in [-0.3, -0.25) is 4.90 Å². The summed E-state index contributed by atoms with van der Waals surface area (Å²) in [5.74, 6) is 0. The SMILES string of the molecule is COC1CCN(C(CNS(=O)(=O)c2ccc3cc[nH]c3c2)c2cn(C)c3ccccc23)C1. The van der Waals surface area contributed by atoms with Crippen LogP contribution in [-0.2, 0) is 21.8 Å². The van der Waals surface area contributed by atoms with E-state index in [-0.39, 0.29) is 23.6 Å². The van der Waals surface area contributed by atoms with Crippen LogP contribution in [0, 0.1) is 0 Å². The summed E-state index contributed by atoms with van der Waals surface area (Å²) >= 11 is 0. The predicted molar refractivity (Wildman–Crippen MR) is 126 cm³/mol. The minimum absolute atomic E-state index is 0.0924. The summed E-state index contributed by atoms with van der Waals surface area (Å²) in [6, 6.07) is 15.2. The van der Waals surface area contributed by atoms with E-state index in [1.807, 2.05) is 37.5 Å². The van der Waals surface area contributed by atoms with Gasteiger partial charge >= 0.3 is 0 Å². The first-order chi connectivity index (χ1) is 15.5. The van der Waals surface area contributed by atoms with Crippen molar-refractivity contribution >= 4 is 31.8 Å². The van der Waals surface area contributed by atoms with E-state index < -0.39 is 10.0 Å². The molecule has 1 aliphatic rings. The quantitative estimate of drug-likeness (QED) is 0.450. The fourth-order valence-electron chi connectivity index (χ4n) is 4.77. The fraction of sp³-hybridized carbons (Fsp3) is 0.333. The van der Waals surface area contributed by atoms with E-state index in [1.54, 1.807) is 19.2 Å². The van der Waals surface area contributed by atoms with Crippen LogP contribution in [0.25, 0.3) is 21.8 Å². The predicted octanol–water partition coefficient (Wildman–Crippen LogP) is 3.40. The van der Waals surface area contributed by atoms with Crippen LogP contribution in [0.4, 0.5) is 0 Å². The molecule has 0 radical (unpaired) electrons. The third kappa shape index (κ3) is 3.84. The second-order valence-electron chi connectivity index (χ2n) is 8.45. The zero-order valence-corrected chi connectivity index (χ0v) is 19.1. The van der Waals surface area contributed by atoms with Crippen LogP contribution in [0.5, 0.6) is 0 Å². The number of aromatic nitrogens is 2. The number of aromatic amines is 1. The molecule has 168 valence electrons. The molecule has 0 saturated carbocycles. The van der Waals surface area contributed by atoms with E-state index in [1.165, 1.54) is 0 Å². The number of para-hydroxylation sites is 1. The Balaban J connectivity index is 1.46. The summed E-state index contributed by atoms with van der Waals surface area (Å²) in [5.41, 5.74) is 3.07. The Morgan fingerprint density at radius 2 is 2.06 bits per heavy atom. The topological polar surface area (TPSA) is 79.4 Å². The summed E-state index contributed by atoms with van der Waals surface area (Å²) in [6.07, 6.45) is 5.03. The van der Waals surface area contributed by atoms with E-state index in [9.17, 15) is 8.42 Å². The Bertz CT molecular complexity index is 1360. The number of rotatable bonds is 7. The number of sulfonamides is 1. The van der Waals surface area contributed by atoms with Gasteiger partial charge < -0.3 is 14.3 Å². The molecule has 7 nitrogen and oxygen atoms in total. The van der Waals surface area contributed by atoms with Crippen LogP contribution in [0.3, 0.4) is 0 Å². The number of nitrogens with zero attached hydrogens (tertiary/aromatic N) is 2. The first-order valence-corrected chi connectivity index (χ1v) is 12.3. The fourth-order valence-corrected chi connectivity index (χ4v) is 5.83. The summed E-state index contributed by atoms with van der Waals surface area (Å²) in [5, 5.41) is 2.13. The number of aryl methyl sites for hydroxylation is 1. The highest BCUT2D eigenvalue weighted by Crippen LogP contribution is 2.32. The van der Waals surface area contributed by atoms with Crippen molar-refractivity contribution in [3.63, 3.8) is 0 Å². The first kappa shape index (κ1) is 21.2. The molecule has 32 heavy (non-hydrogen) atoms. The van der Waals surface area contributed by atoms with E-state index in [2.05, 4.69) is 37.5 Å². The van der Waals surface area contributed by atoms with Crippen LogP contribution in [0.2, 0.25) is 0 Å². The van der Waals surface area contributed by atoms with Crippen molar-refractivity contribution in [2.75, 3.05) is 26.7 Å². The Kier molecular flexibility index (Phi) is 5.54. The molecule has 1 fully saturated rings. The Morgan fingerprint density at radius 3 is 2.88 bits per heavy atom. The Labute approximate surface area is 188 Å². The van der Waals surface area contributed by atoms with E-state index in [0.29, 0.717) is 0 Å². The molecule has 1 aliphatic heterocycles. The van der Waals surface area contributed by atoms with Gasteiger partial charge in [-0.25, -0.2) is 13.1 Å². The zero-order chi connectivity index (χ0) is 22.3. The number of nitrogens with one attached hydrogen (secondary N) is 2. The maximum Gasteiger partial charge on any atom is 0.240 e. The van der Waals surface area contributed by atoms with Crippen LogP contribution >= 0.6 is 0 Å². The summed E-state index contributed by atoms with van der Waals surface area (Å²) < 4.78 is 36.9. The molecular formula is C24H28N4O3S. The van der Waals surface area contributed by atoms with Gasteiger partial charge in [0.2, 0.25) is 10.0 Å². The second-order valence-corrected chi connectivity index (χ2v) is 10.2. The molecule has 3 heterocycles. The third-order valence-corrected chi connectivity index (χ3v) is 7.96. The number of fused-ring (bicyclic) bond motifs is 2. The lowest BCUT2D eigenvalue weighted by molar-refractivity contribution is 0.101. The number of H-pyrrole nitrogens is 1. The molecule has 2 atom stereocenters. The molecule has 1 saturated heterocycles. The minimum atomic E-state index is -3.66. The zero-order valence-electron chi connectivity index (χ0n) is 18.3. The van der Waals surface area contributed by atoms with Crippen LogP contribution in [0.15, 0.2) is 65.8 Å². The monoisotopic (exact) mass is 452 g/mol. The molecule has 0 bridgehead atoms. The van der Waals surface area contributed by atoms with Gasteiger partial charge in [-0.1, -0.05) is 24.3 Å². The lowest BCUT2D eigenvalue weighted by atomic mass is 10.0. The second kappa shape index (κ2) is 8.37. The first-order valence-electron chi connectivity index (χ1n) is 10.8. The van der Waals surface area contributed by atoms with Gasteiger partial charge in [-0.05, 0) is 41.6 Å². The Hall–Kier alpha value is -2.65. The highest BCUT2D eigenvalue weighted by molar-refractivity contribution is 7.89. The number of methoxy groups -OCH3 is 1. The van der Waals surface area contributed by atoms with Crippen molar-refractivity contribution in [2.45, 2.75) is 23.5 Å². The molecule has 0 spiro atoms. The highest BCUT2D eigenvalue weighted by Gasteiger charge is 2.32. The molecule has 5 rings (SSSR count). The van der Waals surface area contributed by atoms with Crippen molar-refractivity contribution in [3.8, 4) is 0 Å². The van der Waals surface area contributed by atoms with Crippen LogP contribution < -0.4 is 4.72 Å². The van der Waals surface area contributed by atoms with Crippen molar-refractivity contribution in [1.29, 1.82) is 0 Å². The normalized spacial score (nSPS) is 18.6. The molecular weight excluding hydrogens is 424 g/mol. The van der Waals surface area contributed by atoms with E-state index >= 15 is 0 Å². The molecule has 2 unspecified atom stereocenters. The van der Waals surface area contributed by atoms with Gasteiger partial charge in [0.25, 0.3) is 0 Å². The molecule has 8 heteroatoms. The number of hydrogen-bond donors (Lipinski definition) is 2. The molecule has 0 amide bonds. The number of likely N-dealkylation sites (tertiary alicyclic amines) is 1. The smallest absolute Gasteiger partial charge is 0.240 e. The van der Waals surface area contributed by atoms with Crippen molar-refractivity contribution in [2.24, 2.45) is 7.05 Å². The summed E-state index contributed by atoms with van der Waals surface area (Å²) in [4.78, 5) is 5.67. The number of benzene rings is 2. The van der Waals surface area contributed by atoms with E-state index in [0.717, 1.165) is 46.9 Å². The molecule has 4 aromatic rings. The minimum Gasteiger partial charge on any atom is -0.380 e. The van der Waals surface area contributed by atoms with Crippen LogP contribution in [0.1, 0.15) is 18.0 Å². The maximum absolute atomic E-state index is 13.2. The van der Waals surface area contributed by atoms with E-state index in [4.69, 9.17) is 4.74 Å². The highest BCUT2D eigenvalue weighted by atomic mass is 32.2. The maximum atomic E-state index is 13.2. The average Bonchev–Trinajstić information content (AvgIpc) is 3.53. The van der Waals surface area contributed by atoms with Crippen molar-refractivity contribution in [3.05, 3.63) is 66.5 Å². The number of hydrogen-bond acceptors (Lipinski definition) is 4. The van der Waals surface area contributed by atoms with Crippen LogP contribution in [-0.4, -0.2) is 55.7 Å². The van der Waals surface area contributed by atoms with Gasteiger partial charge in [0.15, 0.2) is 0 Å². The third-order valence-electron chi connectivity index (χ3n) is 6.54. The molecule has 2 aromatic heterocycles. The van der Waals surface area contributed by atoms with Gasteiger partial charge in [-0.15, -0.1) is 0 Å². The summed E-state index contributed by atoms with van der Waals surface area (Å²) in [6.45, 7) is 1.93. The van der Waals surface area contributed by atoms with Crippen molar-refractivity contribution < 1.29 is 13.2 Å². The molecule has 0 aliphatic carbocycles. The van der Waals surface area contributed by atoms with Gasteiger partial charge in [-0.2, -0.15) is 0 Å². The molecule has 2 aromatic carbocycles. The molecule has 2 N–H and O–H groups in total. The Morgan fingerprint density at radius 1 is 1.22 bits per heavy atom. The van der Waals surface area contributed by atoms with Gasteiger partial charge in [0.05, 0.1) is 17.0 Å². The number of ether oxygens (including phenoxy) is 1. The lowest BCUT2D eigenvalue weighted by Crippen LogP contribution is -2.37. The standard InChI is InChI=1S/C24H28N4O3S/c1-27-16-21(20-5-3-4-6-23(20)27)24(28-12-10-18(15-28)31-2)14-26-32(29,30)19-8-7-17-9-11-25-22(17)13-19/h3-9,11,13,16,18,24-26H,10,12,14-15H2,1-2H3. The average molecular weight is 453 g/mol. The summed E-state index contributed by atoms with van der Waals surface area (Å²) in [7, 11) is 0.102. The largest absolute Gasteiger partial charge is 0.380 e.